The number of halogens is 1. The minimum atomic E-state index is -3.98. The molecule has 0 aliphatic heterocycles. The fraction of sp³-hybridized carbons (Fsp3) is 0.120. The van der Waals surface area contributed by atoms with Gasteiger partial charge in [-0.3, -0.25) is 4.72 Å². The van der Waals surface area contributed by atoms with E-state index in [0.29, 0.717) is 22.5 Å². The van der Waals surface area contributed by atoms with Crippen molar-refractivity contribution in [2.24, 2.45) is 0 Å². The third-order valence-electron chi connectivity index (χ3n) is 4.59. The Kier molecular flexibility index (Phi) is 7.19. The number of carbonyl (C=O) groups is 1. The Morgan fingerprint density at radius 1 is 1.09 bits per heavy atom. The maximum atomic E-state index is 13.9. The van der Waals surface area contributed by atoms with Crippen LogP contribution in [0, 0.1) is 17.7 Å². The predicted molar refractivity (Wildman–Crippen MR) is 123 cm³/mol. The van der Waals surface area contributed by atoms with E-state index in [9.17, 15) is 17.6 Å². The lowest BCUT2D eigenvalue weighted by atomic mass is 10.1. The first-order chi connectivity index (χ1) is 15.7. The summed E-state index contributed by atoms with van der Waals surface area (Å²) in [6.07, 6.45) is 4.71. The molecule has 0 spiro atoms. The van der Waals surface area contributed by atoms with E-state index in [1.807, 2.05) is 0 Å². The Balaban J connectivity index is 1.97. The number of benzene rings is 2. The molecule has 1 aliphatic carbocycles. The summed E-state index contributed by atoms with van der Waals surface area (Å²) < 4.78 is 51.9. The number of sulfonamides is 1. The van der Waals surface area contributed by atoms with Crippen LogP contribution in [-0.4, -0.2) is 28.6 Å². The summed E-state index contributed by atoms with van der Waals surface area (Å²) in [6.45, 7) is 1.72. The monoisotopic (exact) mass is 465 g/mol. The molecule has 0 atom stereocenters. The van der Waals surface area contributed by atoms with Crippen molar-refractivity contribution in [1.82, 2.24) is 0 Å². The van der Waals surface area contributed by atoms with E-state index in [2.05, 4.69) is 22.3 Å². The number of ether oxygens (including phenoxy) is 2. The van der Waals surface area contributed by atoms with Crippen LogP contribution < -0.4 is 9.46 Å². The summed E-state index contributed by atoms with van der Waals surface area (Å²) in [5.74, 6) is 4.96. The molecule has 0 heterocycles. The number of hydrogen-bond donors (Lipinski definition) is 1. The lowest BCUT2D eigenvalue weighted by Crippen LogP contribution is -2.14. The van der Waals surface area contributed by atoms with Crippen LogP contribution in [0.5, 0.6) is 5.75 Å². The fourth-order valence-corrected chi connectivity index (χ4v) is 4.02. The van der Waals surface area contributed by atoms with Gasteiger partial charge >= 0.3 is 5.97 Å². The van der Waals surface area contributed by atoms with Crippen molar-refractivity contribution >= 4 is 21.7 Å². The average molecular weight is 466 g/mol. The van der Waals surface area contributed by atoms with E-state index in [-0.39, 0.29) is 16.1 Å². The molecule has 1 N–H and O–H groups in total. The van der Waals surface area contributed by atoms with Crippen LogP contribution in [0.3, 0.4) is 0 Å². The van der Waals surface area contributed by atoms with Gasteiger partial charge in [-0.1, -0.05) is 17.9 Å². The van der Waals surface area contributed by atoms with Gasteiger partial charge in [-0.25, -0.2) is 17.6 Å². The molecule has 3 rings (SSSR count). The summed E-state index contributed by atoms with van der Waals surface area (Å²) in [5.41, 5.74) is 4.55. The summed E-state index contributed by atoms with van der Waals surface area (Å²) in [5, 5.41) is 0. The molecule has 0 unspecified atom stereocenters. The Morgan fingerprint density at radius 3 is 2.61 bits per heavy atom. The minimum absolute atomic E-state index is 0.0132. The highest BCUT2D eigenvalue weighted by Gasteiger charge is 2.17. The van der Waals surface area contributed by atoms with Crippen molar-refractivity contribution in [2.45, 2.75) is 11.8 Å². The number of rotatable bonds is 5. The molecule has 168 valence electrons. The zero-order valence-corrected chi connectivity index (χ0v) is 18.9. The van der Waals surface area contributed by atoms with Crippen molar-refractivity contribution in [3.63, 3.8) is 0 Å². The summed E-state index contributed by atoms with van der Waals surface area (Å²) in [7, 11) is -1.26. The first-order valence-electron chi connectivity index (χ1n) is 9.65. The van der Waals surface area contributed by atoms with Crippen LogP contribution in [0.1, 0.15) is 12.5 Å². The molecule has 0 aromatic heterocycles. The number of hydrogen-bond acceptors (Lipinski definition) is 5. The van der Waals surface area contributed by atoms with E-state index < -0.39 is 21.8 Å². The molecule has 2 aromatic rings. The maximum Gasteiger partial charge on any atom is 0.338 e. The summed E-state index contributed by atoms with van der Waals surface area (Å²) in [4.78, 5) is 11.8. The number of esters is 1. The molecule has 0 radical (unpaired) electrons. The predicted octanol–water partition coefficient (Wildman–Crippen LogP) is 4.13. The molecule has 0 saturated carbocycles. The van der Waals surface area contributed by atoms with Gasteiger partial charge in [0.25, 0.3) is 10.0 Å². The van der Waals surface area contributed by atoms with E-state index in [1.165, 1.54) is 38.5 Å². The molecule has 0 saturated heterocycles. The SMILES string of the molecule is COC(=O)C1=C(C)C=C(C#Cc2cc(F)ccc2NS(=O)(=O)c2cccc(OC)c2)C=C=C1. The largest absolute Gasteiger partial charge is 0.497 e. The number of nitrogens with one attached hydrogen (secondary N) is 1. The Labute approximate surface area is 191 Å². The van der Waals surface area contributed by atoms with Gasteiger partial charge in [0.1, 0.15) is 11.6 Å². The molecule has 6 nitrogen and oxygen atoms in total. The molecule has 0 bridgehead atoms. The van der Waals surface area contributed by atoms with Gasteiger partial charge in [-0.05, 0) is 61.1 Å². The topological polar surface area (TPSA) is 81.7 Å². The summed E-state index contributed by atoms with van der Waals surface area (Å²) >= 11 is 0. The van der Waals surface area contributed by atoms with Gasteiger partial charge < -0.3 is 9.47 Å². The molecular weight excluding hydrogens is 445 g/mol. The van der Waals surface area contributed by atoms with E-state index in [4.69, 9.17) is 9.47 Å². The van der Waals surface area contributed by atoms with E-state index in [0.717, 1.165) is 12.1 Å². The number of methoxy groups -OCH3 is 2. The van der Waals surface area contributed by atoms with Gasteiger partial charge in [-0.15, -0.1) is 5.73 Å². The van der Waals surface area contributed by atoms with Crippen molar-refractivity contribution < 1.29 is 27.1 Å². The third kappa shape index (κ3) is 5.80. The van der Waals surface area contributed by atoms with Crippen LogP contribution in [0.4, 0.5) is 10.1 Å². The summed E-state index contributed by atoms with van der Waals surface area (Å²) in [6, 6.07) is 9.54. The number of anilines is 1. The second-order valence-corrected chi connectivity index (χ2v) is 8.55. The highest BCUT2D eigenvalue weighted by Crippen LogP contribution is 2.23. The Bertz CT molecular complexity index is 1400. The first kappa shape index (κ1) is 23.6. The lowest BCUT2D eigenvalue weighted by Gasteiger charge is -2.11. The molecule has 8 heteroatoms. The van der Waals surface area contributed by atoms with Crippen molar-refractivity contribution in [1.29, 1.82) is 0 Å². The van der Waals surface area contributed by atoms with E-state index in [1.54, 1.807) is 31.2 Å². The molecule has 2 aromatic carbocycles. The number of allylic oxidation sites excluding steroid dienone is 3. The van der Waals surface area contributed by atoms with Crippen LogP contribution >= 0.6 is 0 Å². The molecule has 0 fully saturated rings. The van der Waals surface area contributed by atoms with Crippen LogP contribution in [0.25, 0.3) is 0 Å². The maximum absolute atomic E-state index is 13.9. The third-order valence-corrected chi connectivity index (χ3v) is 5.95. The Hall–Kier alpha value is -4.05. The van der Waals surface area contributed by atoms with Gasteiger partial charge in [0.2, 0.25) is 0 Å². The highest BCUT2D eigenvalue weighted by atomic mass is 32.2. The first-order valence-corrected chi connectivity index (χ1v) is 11.1. The van der Waals surface area contributed by atoms with Crippen molar-refractivity contribution in [3.8, 4) is 17.6 Å². The normalized spacial score (nSPS) is 12.9. The second kappa shape index (κ2) is 10.0. The molecular formula is C25H20FNO5S. The standard InChI is InChI=1S/C25H20FNO5S/c1-17-14-18(6-4-9-23(17)25(28)32-3)10-11-19-15-20(26)12-13-24(19)27-33(29,30)22-8-5-7-21(16-22)31-2/h5-9,12-16,27H,1-3H3. The minimum Gasteiger partial charge on any atom is -0.497 e. The van der Waals surface area contributed by atoms with Gasteiger partial charge in [0, 0.05) is 11.6 Å². The van der Waals surface area contributed by atoms with Crippen molar-refractivity contribution in [3.05, 3.63) is 94.5 Å². The van der Waals surface area contributed by atoms with Crippen LogP contribution in [0.2, 0.25) is 0 Å². The zero-order chi connectivity index (χ0) is 24.0. The molecule has 1 aliphatic rings. The molecule has 0 amide bonds. The quantitative estimate of drug-likeness (QED) is 0.408. The van der Waals surface area contributed by atoms with Crippen molar-refractivity contribution in [2.75, 3.05) is 18.9 Å². The highest BCUT2D eigenvalue weighted by molar-refractivity contribution is 7.92. The average Bonchev–Trinajstić information content (AvgIpc) is 2.99. The Morgan fingerprint density at radius 2 is 1.88 bits per heavy atom. The van der Waals surface area contributed by atoms with Crippen LogP contribution in [-0.2, 0) is 19.6 Å². The fourth-order valence-electron chi connectivity index (χ4n) is 2.90. The smallest absolute Gasteiger partial charge is 0.338 e. The zero-order valence-electron chi connectivity index (χ0n) is 18.1. The van der Waals surface area contributed by atoms with Gasteiger partial charge in [0.15, 0.2) is 0 Å². The van der Waals surface area contributed by atoms with E-state index >= 15 is 0 Å². The lowest BCUT2D eigenvalue weighted by molar-refractivity contribution is -0.135. The second-order valence-electron chi connectivity index (χ2n) is 6.87. The van der Waals surface area contributed by atoms with Gasteiger partial charge in [-0.2, -0.15) is 0 Å². The molecule has 33 heavy (non-hydrogen) atoms. The van der Waals surface area contributed by atoms with Gasteiger partial charge in [0.05, 0.1) is 35.9 Å². The van der Waals surface area contributed by atoms with Crippen LogP contribution in [0.15, 0.2) is 88.0 Å². The number of carbonyl (C=O) groups excluding carboxylic acids is 1.